The lowest BCUT2D eigenvalue weighted by Crippen LogP contribution is -2.07. The summed E-state index contributed by atoms with van der Waals surface area (Å²) in [4.78, 5) is 11.8. The van der Waals surface area contributed by atoms with E-state index in [4.69, 9.17) is 4.74 Å². The van der Waals surface area contributed by atoms with Crippen LogP contribution in [0.1, 0.15) is 18.1 Å². The molecule has 0 aliphatic rings. The number of hydrogen-bond acceptors (Lipinski definition) is 2. The van der Waals surface area contributed by atoms with Crippen LogP contribution in [0.15, 0.2) is 48.7 Å². The van der Waals surface area contributed by atoms with E-state index in [9.17, 15) is 13.6 Å². The highest BCUT2D eigenvalue weighted by molar-refractivity contribution is 5.88. The van der Waals surface area contributed by atoms with Crippen LogP contribution in [0, 0.1) is 11.6 Å². The molecule has 24 heavy (non-hydrogen) atoms. The monoisotopic (exact) mass is 329 g/mol. The molecule has 0 radical (unpaired) electrons. The summed E-state index contributed by atoms with van der Waals surface area (Å²) in [6.45, 7) is 2.56. The van der Waals surface area contributed by atoms with Crippen LogP contribution in [-0.2, 0) is 22.5 Å². The van der Waals surface area contributed by atoms with Crippen molar-refractivity contribution in [1.82, 2.24) is 4.57 Å². The van der Waals surface area contributed by atoms with Crippen molar-refractivity contribution in [3.8, 4) is 0 Å². The number of nitrogens with zero attached hydrogens (tertiary/aromatic N) is 1. The van der Waals surface area contributed by atoms with Crippen LogP contribution >= 0.6 is 0 Å². The number of benzene rings is 2. The van der Waals surface area contributed by atoms with Crippen LogP contribution in [0.25, 0.3) is 10.9 Å². The van der Waals surface area contributed by atoms with E-state index in [0.717, 1.165) is 11.1 Å². The zero-order valence-electron chi connectivity index (χ0n) is 13.3. The lowest BCUT2D eigenvalue weighted by Gasteiger charge is -2.05. The van der Waals surface area contributed by atoms with Gasteiger partial charge in [0.05, 0.1) is 13.0 Å². The highest BCUT2D eigenvalue weighted by atomic mass is 19.1. The quantitative estimate of drug-likeness (QED) is 0.661. The molecule has 0 atom stereocenters. The molecule has 5 heteroatoms. The first-order valence-electron chi connectivity index (χ1n) is 7.74. The van der Waals surface area contributed by atoms with Crippen molar-refractivity contribution in [2.75, 3.05) is 6.61 Å². The number of esters is 1. The van der Waals surface area contributed by atoms with Crippen molar-refractivity contribution < 1.29 is 18.3 Å². The summed E-state index contributed by atoms with van der Waals surface area (Å²) in [6.07, 6.45) is 1.91. The van der Waals surface area contributed by atoms with Crippen LogP contribution in [0.2, 0.25) is 0 Å². The van der Waals surface area contributed by atoms with Crippen molar-refractivity contribution in [2.24, 2.45) is 0 Å². The van der Waals surface area contributed by atoms with Gasteiger partial charge >= 0.3 is 5.97 Å². The molecule has 124 valence electrons. The highest BCUT2D eigenvalue weighted by Gasteiger charge is 2.14. The molecule has 0 saturated heterocycles. The van der Waals surface area contributed by atoms with Crippen LogP contribution in [0.3, 0.4) is 0 Å². The molecule has 1 heterocycles. The molecule has 0 saturated carbocycles. The van der Waals surface area contributed by atoms with E-state index in [1.807, 2.05) is 10.8 Å². The predicted octanol–water partition coefficient (Wildman–Crippen LogP) is 4.07. The van der Waals surface area contributed by atoms with Crippen LogP contribution in [0.4, 0.5) is 8.78 Å². The van der Waals surface area contributed by atoms with E-state index in [0.29, 0.717) is 24.1 Å². The minimum atomic E-state index is -0.354. The van der Waals surface area contributed by atoms with Gasteiger partial charge in [0.15, 0.2) is 0 Å². The topological polar surface area (TPSA) is 31.2 Å². The summed E-state index contributed by atoms with van der Waals surface area (Å²) in [5, 5.41) is 0.685. The Morgan fingerprint density at radius 3 is 2.50 bits per heavy atom. The molecule has 3 rings (SSSR count). The smallest absolute Gasteiger partial charge is 0.310 e. The van der Waals surface area contributed by atoms with Gasteiger partial charge in [0.25, 0.3) is 0 Å². The Kier molecular flexibility index (Phi) is 4.60. The van der Waals surface area contributed by atoms with Crippen molar-refractivity contribution in [3.05, 3.63) is 71.4 Å². The first-order valence-corrected chi connectivity index (χ1v) is 7.74. The van der Waals surface area contributed by atoms with Gasteiger partial charge in [0.2, 0.25) is 0 Å². The Labute approximate surface area is 138 Å². The number of aromatic nitrogens is 1. The molecule has 2 aromatic carbocycles. The van der Waals surface area contributed by atoms with Crippen molar-refractivity contribution in [2.45, 2.75) is 19.9 Å². The number of ether oxygens (including phenoxy) is 1. The lowest BCUT2D eigenvalue weighted by atomic mass is 10.1. The maximum absolute atomic E-state index is 13.6. The fraction of sp³-hybridized carbons (Fsp3) is 0.211. The lowest BCUT2D eigenvalue weighted by molar-refractivity contribution is -0.142. The Bertz CT molecular complexity index is 869. The second-order valence-corrected chi connectivity index (χ2v) is 5.55. The van der Waals surface area contributed by atoms with Gasteiger partial charge in [0, 0.05) is 23.6 Å². The van der Waals surface area contributed by atoms with Gasteiger partial charge in [-0.15, -0.1) is 0 Å². The number of carbonyl (C=O) groups is 1. The van der Waals surface area contributed by atoms with Gasteiger partial charge in [-0.1, -0.05) is 12.1 Å². The zero-order chi connectivity index (χ0) is 17.1. The van der Waals surface area contributed by atoms with Crippen LogP contribution in [0.5, 0.6) is 0 Å². The normalized spacial score (nSPS) is 11.0. The molecule has 0 amide bonds. The molecule has 3 nitrogen and oxygen atoms in total. The molecular formula is C19H17F2NO2. The maximum Gasteiger partial charge on any atom is 0.310 e. The summed E-state index contributed by atoms with van der Waals surface area (Å²) in [6, 6.07) is 10.7. The molecule has 0 spiro atoms. The van der Waals surface area contributed by atoms with Gasteiger partial charge in [0.1, 0.15) is 11.6 Å². The second-order valence-electron chi connectivity index (χ2n) is 5.55. The molecular weight excluding hydrogens is 312 g/mol. The van der Waals surface area contributed by atoms with Crippen molar-refractivity contribution in [1.29, 1.82) is 0 Å². The Morgan fingerprint density at radius 2 is 1.79 bits per heavy atom. The molecule has 1 aromatic heterocycles. The highest BCUT2D eigenvalue weighted by Crippen LogP contribution is 2.24. The summed E-state index contributed by atoms with van der Waals surface area (Å²) < 4.78 is 33.6. The zero-order valence-corrected chi connectivity index (χ0v) is 13.3. The van der Waals surface area contributed by atoms with E-state index >= 15 is 0 Å². The standard InChI is InChI=1S/C19H17F2NO2/c1-2-24-19(23)9-14-12-22(11-13-3-5-15(20)6-4-13)18-8-7-16(21)10-17(14)18/h3-8,10,12H,2,9,11H2,1H3. The second kappa shape index (κ2) is 6.83. The number of fused-ring (bicyclic) bond motifs is 1. The van der Waals surface area contributed by atoms with Gasteiger partial charge in [-0.25, -0.2) is 8.78 Å². The van der Waals surface area contributed by atoms with E-state index in [-0.39, 0.29) is 24.0 Å². The Balaban J connectivity index is 1.98. The van der Waals surface area contributed by atoms with Crippen molar-refractivity contribution in [3.63, 3.8) is 0 Å². The van der Waals surface area contributed by atoms with E-state index in [1.165, 1.54) is 24.3 Å². The fourth-order valence-electron chi connectivity index (χ4n) is 2.77. The molecule has 0 unspecified atom stereocenters. The van der Waals surface area contributed by atoms with Gasteiger partial charge in [-0.3, -0.25) is 4.79 Å². The third-order valence-corrected chi connectivity index (χ3v) is 3.83. The molecule has 3 aromatic rings. The molecule has 0 fully saturated rings. The van der Waals surface area contributed by atoms with E-state index < -0.39 is 0 Å². The molecule has 0 N–H and O–H groups in total. The first kappa shape index (κ1) is 16.2. The first-order chi connectivity index (χ1) is 11.6. The number of rotatable bonds is 5. The predicted molar refractivity (Wildman–Crippen MR) is 87.7 cm³/mol. The summed E-state index contributed by atoms with van der Waals surface area (Å²) in [7, 11) is 0. The average Bonchev–Trinajstić information content (AvgIpc) is 2.87. The third-order valence-electron chi connectivity index (χ3n) is 3.83. The SMILES string of the molecule is CCOC(=O)Cc1cn(Cc2ccc(F)cc2)c2ccc(F)cc12. The van der Waals surface area contributed by atoms with Crippen LogP contribution < -0.4 is 0 Å². The summed E-state index contributed by atoms with van der Waals surface area (Å²) >= 11 is 0. The fourth-order valence-corrected chi connectivity index (χ4v) is 2.77. The average molecular weight is 329 g/mol. The molecule has 0 bridgehead atoms. The number of halogens is 2. The summed E-state index contributed by atoms with van der Waals surface area (Å²) in [5.74, 6) is -0.990. The Hall–Kier alpha value is -2.69. The summed E-state index contributed by atoms with van der Waals surface area (Å²) in [5.41, 5.74) is 2.45. The minimum absolute atomic E-state index is 0.0875. The third kappa shape index (κ3) is 3.45. The maximum atomic E-state index is 13.6. The van der Waals surface area contributed by atoms with E-state index in [2.05, 4.69) is 0 Å². The van der Waals surface area contributed by atoms with E-state index in [1.54, 1.807) is 25.1 Å². The molecule has 0 aliphatic heterocycles. The van der Waals surface area contributed by atoms with Crippen molar-refractivity contribution >= 4 is 16.9 Å². The largest absolute Gasteiger partial charge is 0.466 e. The number of hydrogen-bond donors (Lipinski definition) is 0. The van der Waals surface area contributed by atoms with Gasteiger partial charge in [-0.05, 0) is 48.4 Å². The minimum Gasteiger partial charge on any atom is -0.466 e. The van der Waals surface area contributed by atoms with Gasteiger partial charge in [-0.2, -0.15) is 0 Å². The Morgan fingerprint density at radius 1 is 1.08 bits per heavy atom. The van der Waals surface area contributed by atoms with Gasteiger partial charge < -0.3 is 9.30 Å². The molecule has 0 aliphatic carbocycles. The van der Waals surface area contributed by atoms with Crippen LogP contribution in [-0.4, -0.2) is 17.1 Å². The number of carbonyl (C=O) groups excluding carboxylic acids is 1.